The SMILES string of the molecule is CSC(=O)CC1=C(C)/C(=C/c2ccc(SC)cc2)c2ccc(F)cc21. The van der Waals surface area contributed by atoms with Gasteiger partial charge in [0.25, 0.3) is 0 Å². The third kappa shape index (κ3) is 3.75. The van der Waals surface area contributed by atoms with Crippen molar-refractivity contribution < 1.29 is 9.18 Å². The number of rotatable bonds is 4. The normalized spacial score (nSPS) is 15.0. The molecule has 1 nitrogen and oxygen atoms in total. The van der Waals surface area contributed by atoms with Crippen molar-refractivity contribution in [1.82, 2.24) is 0 Å². The predicted molar refractivity (Wildman–Crippen MR) is 108 cm³/mol. The van der Waals surface area contributed by atoms with Crippen molar-refractivity contribution >= 4 is 45.9 Å². The van der Waals surface area contributed by atoms with Gasteiger partial charge in [0.15, 0.2) is 5.12 Å². The summed E-state index contributed by atoms with van der Waals surface area (Å²) in [7, 11) is 0. The largest absolute Gasteiger partial charge is 0.287 e. The molecule has 0 atom stereocenters. The Hall–Kier alpha value is -1.78. The topological polar surface area (TPSA) is 17.1 Å². The lowest BCUT2D eigenvalue weighted by molar-refractivity contribution is -0.110. The van der Waals surface area contributed by atoms with E-state index in [1.807, 2.05) is 13.0 Å². The smallest absolute Gasteiger partial charge is 0.193 e. The molecule has 0 aliphatic heterocycles. The van der Waals surface area contributed by atoms with E-state index in [1.54, 1.807) is 24.1 Å². The first-order valence-corrected chi connectivity index (χ1v) is 10.4. The fraction of sp³-hybridized carbons (Fsp3) is 0.190. The van der Waals surface area contributed by atoms with Crippen LogP contribution in [0.4, 0.5) is 4.39 Å². The Morgan fingerprint density at radius 1 is 1.08 bits per heavy atom. The highest BCUT2D eigenvalue weighted by molar-refractivity contribution is 8.13. The molecular weight excluding hydrogens is 351 g/mol. The van der Waals surface area contributed by atoms with Gasteiger partial charge in [-0.3, -0.25) is 4.79 Å². The Balaban J connectivity index is 2.09. The highest BCUT2D eigenvalue weighted by Crippen LogP contribution is 2.44. The van der Waals surface area contributed by atoms with E-state index in [1.165, 1.54) is 22.7 Å². The molecule has 0 N–H and O–H groups in total. The summed E-state index contributed by atoms with van der Waals surface area (Å²) < 4.78 is 13.8. The molecule has 4 heteroatoms. The van der Waals surface area contributed by atoms with Gasteiger partial charge in [-0.2, -0.15) is 0 Å². The maximum Gasteiger partial charge on any atom is 0.193 e. The zero-order chi connectivity index (χ0) is 18.0. The molecule has 25 heavy (non-hydrogen) atoms. The first-order valence-electron chi connectivity index (χ1n) is 7.96. The van der Waals surface area contributed by atoms with E-state index in [9.17, 15) is 9.18 Å². The second kappa shape index (κ2) is 7.63. The minimum atomic E-state index is -0.272. The molecule has 0 aromatic heterocycles. The highest BCUT2D eigenvalue weighted by Gasteiger charge is 2.25. The van der Waals surface area contributed by atoms with Gasteiger partial charge in [0, 0.05) is 11.3 Å². The Morgan fingerprint density at radius 3 is 2.44 bits per heavy atom. The van der Waals surface area contributed by atoms with Gasteiger partial charge < -0.3 is 0 Å². The first-order chi connectivity index (χ1) is 12.0. The van der Waals surface area contributed by atoms with Gasteiger partial charge in [0.1, 0.15) is 5.82 Å². The monoisotopic (exact) mass is 370 g/mol. The molecule has 0 radical (unpaired) electrons. The fourth-order valence-electron chi connectivity index (χ4n) is 3.06. The molecule has 0 amide bonds. The highest BCUT2D eigenvalue weighted by atomic mass is 32.2. The number of hydrogen-bond donors (Lipinski definition) is 0. The number of carbonyl (C=O) groups excluding carboxylic acids is 1. The van der Waals surface area contributed by atoms with Crippen LogP contribution in [0.1, 0.15) is 30.0 Å². The molecule has 0 saturated heterocycles. The third-order valence-electron chi connectivity index (χ3n) is 4.43. The number of fused-ring (bicyclic) bond motifs is 1. The number of carbonyl (C=O) groups is 1. The quantitative estimate of drug-likeness (QED) is 0.600. The van der Waals surface area contributed by atoms with Crippen LogP contribution < -0.4 is 0 Å². The van der Waals surface area contributed by atoms with Gasteiger partial charge >= 0.3 is 0 Å². The number of allylic oxidation sites excluding steroid dienone is 3. The van der Waals surface area contributed by atoms with Gasteiger partial charge in [-0.1, -0.05) is 30.0 Å². The maximum atomic E-state index is 13.8. The summed E-state index contributed by atoms with van der Waals surface area (Å²) in [5.41, 5.74) is 5.98. The average molecular weight is 371 g/mol. The van der Waals surface area contributed by atoms with Gasteiger partial charge in [-0.15, -0.1) is 11.8 Å². The molecule has 0 unspecified atom stereocenters. The van der Waals surface area contributed by atoms with Crippen LogP contribution in [0.3, 0.4) is 0 Å². The Bertz CT molecular complexity index is 879. The molecule has 1 aliphatic carbocycles. The second-order valence-electron chi connectivity index (χ2n) is 5.88. The van der Waals surface area contributed by atoms with E-state index in [4.69, 9.17) is 0 Å². The lowest BCUT2D eigenvalue weighted by atomic mass is 10.0. The summed E-state index contributed by atoms with van der Waals surface area (Å²) in [4.78, 5) is 13.2. The Morgan fingerprint density at radius 2 is 1.80 bits per heavy atom. The summed E-state index contributed by atoms with van der Waals surface area (Å²) in [6, 6.07) is 13.2. The second-order valence-corrected chi connectivity index (χ2v) is 7.62. The van der Waals surface area contributed by atoms with Crippen molar-refractivity contribution in [2.75, 3.05) is 12.5 Å². The zero-order valence-corrected chi connectivity index (χ0v) is 16.1. The van der Waals surface area contributed by atoms with E-state index in [-0.39, 0.29) is 10.9 Å². The molecule has 0 saturated carbocycles. The Kier molecular flexibility index (Phi) is 5.50. The van der Waals surface area contributed by atoms with E-state index >= 15 is 0 Å². The van der Waals surface area contributed by atoms with Crippen molar-refractivity contribution in [2.45, 2.75) is 18.2 Å². The number of benzene rings is 2. The summed E-state index contributed by atoms with van der Waals surface area (Å²) in [6.07, 6.45) is 6.28. The van der Waals surface area contributed by atoms with Crippen molar-refractivity contribution in [3.05, 3.63) is 70.5 Å². The zero-order valence-electron chi connectivity index (χ0n) is 14.4. The molecule has 0 bridgehead atoms. The summed E-state index contributed by atoms with van der Waals surface area (Å²) >= 11 is 2.92. The van der Waals surface area contributed by atoms with Crippen LogP contribution in [0.2, 0.25) is 0 Å². The van der Waals surface area contributed by atoms with Crippen LogP contribution in [0.25, 0.3) is 17.2 Å². The van der Waals surface area contributed by atoms with Gasteiger partial charge in [0.05, 0.1) is 0 Å². The van der Waals surface area contributed by atoms with E-state index < -0.39 is 0 Å². The van der Waals surface area contributed by atoms with Crippen LogP contribution in [-0.2, 0) is 4.79 Å². The van der Waals surface area contributed by atoms with Crippen molar-refractivity contribution in [3.63, 3.8) is 0 Å². The summed E-state index contributed by atoms with van der Waals surface area (Å²) in [6.45, 7) is 2.02. The maximum absolute atomic E-state index is 13.8. The Labute approximate surface area is 156 Å². The molecule has 2 aromatic carbocycles. The number of halogens is 1. The summed E-state index contributed by atoms with van der Waals surface area (Å²) in [5.74, 6) is -0.272. The standard InChI is InChI=1S/C21H19FOS2/c1-13-18(10-14-4-7-16(24-2)8-5-14)17-9-6-15(22)11-20(17)19(13)12-21(23)25-3/h4-11H,12H2,1-3H3/b18-10-. The van der Waals surface area contributed by atoms with Crippen molar-refractivity contribution in [2.24, 2.45) is 0 Å². The van der Waals surface area contributed by atoms with Gasteiger partial charge in [0.2, 0.25) is 0 Å². The molecular formula is C21H19FOS2. The lowest BCUT2D eigenvalue weighted by Crippen LogP contribution is -1.94. The van der Waals surface area contributed by atoms with Crippen LogP contribution in [0.15, 0.2) is 52.9 Å². The predicted octanol–water partition coefficient (Wildman–Crippen LogP) is 6.16. The lowest BCUT2D eigenvalue weighted by Gasteiger charge is -2.05. The minimum Gasteiger partial charge on any atom is -0.287 e. The van der Waals surface area contributed by atoms with Crippen LogP contribution in [0, 0.1) is 5.82 Å². The minimum absolute atomic E-state index is 0.0927. The third-order valence-corrected chi connectivity index (χ3v) is 5.77. The molecule has 3 rings (SSSR count). The first kappa shape index (κ1) is 18.0. The van der Waals surface area contributed by atoms with E-state index in [2.05, 4.69) is 36.6 Å². The van der Waals surface area contributed by atoms with E-state index in [0.29, 0.717) is 6.42 Å². The molecule has 0 spiro atoms. The fourth-order valence-corrected chi connectivity index (χ4v) is 3.76. The molecule has 2 aromatic rings. The molecule has 0 fully saturated rings. The van der Waals surface area contributed by atoms with Gasteiger partial charge in [-0.05, 0) is 83.2 Å². The van der Waals surface area contributed by atoms with Crippen molar-refractivity contribution in [3.8, 4) is 0 Å². The molecule has 128 valence electrons. The van der Waals surface area contributed by atoms with Crippen LogP contribution >= 0.6 is 23.5 Å². The van der Waals surface area contributed by atoms with Gasteiger partial charge in [-0.25, -0.2) is 4.39 Å². The number of thioether (sulfide) groups is 2. The van der Waals surface area contributed by atoms with Crippen LogP contribution in [0.5, 0.6) is 0 Å². The molecule has 0 heterocycles. The summed E-state index contributed by atoms with van der Waals surface area (Å²) in [5, 5.41) is 0.0927. The van der Waals surface area contributed by atoms with Crippen molar-refractivity contribution in [1.29, 1.82) is 0 Å². The van der Waals surface area contributed by atoms with Crippen LogP contribution in [-0.4, -0.2) is 17.6 Å². The number of hydrogen-bond acceptors (Lipinski definition) is 3. The average Bonchev–Trinajstić information content (AvgIpc) is 2.87. The molecule has 1 aliphatic rings. The van der Waals surface area contributed by atoms with E-state index in [0.717, 1.165) is 33.4 Å².